The molecule has 0 aliphatic heterocycles. The lowest BCUT2D eigenvalue weighted by molar-refractivity contribution is 0.170. The molecule has 5 nitrogen and oxygen atoms in total. The van der Waals surface area contributed by atoms with Gasteiger partial charge in [-0.1, -0.05) is 17.7 Å². The van der Waals surface area contributed by atoms with E-state index in [4.69, 9.17) is 16.3 Å². The van der Waals surface area contributed by atoms with Crippen molar-refractivity contribution in [3.63, 3.8) is 0 Å². The van der Waals surface area contributed by atoms with Crippen LogP contribution >= 0.6 is 11.6 Å². The molecule has 3 aromatic rings. The topological polar surface area (TPSA) is 60.2 Å². The Kier molecular flexibility index (Phi) is 3.96. The van der Waals surface area contributed by atoms with E-state index < -0.39 is 6.10 Å². The number of aliphatic hydroxyl groups is 1. The summed E-state index contributed by atoms with van der Waals surface area (Å²) < 4.78 is 7.69. The van der Waals surface area contributed by atoms with Crippen LogP contribution < -0.4 is 4.74 Å². The number of halogens is 1. The van der Waals surface area contributed by atoms with E-state index in [1.165, 1.54) is 6.33 Å². The molecule has 1 aliphatic carbocycles. The minimum atomic E-state index is -0.446. The average molecular weight is 342 g/mol. The molecule has 2 unspecified atom stereocenters. The predicted molar refractivity (Wildman–Crippen MR) is 90.3 cm³/mol. The first-order valence-electron chi connectivity index (χ1n) is 7.77. The fourth-order valence-electron chi connectivity index (χ4n) is 3.16. The maximum Gasteiger partial charge on any atom is 0.137 e. The minimum Gasteiger partial charge on any atom is -0.457 e. The second kappa shape index (κ2) is 6.26. The van der Waals surface area contributed by atoms with Crippen LogP contribution in [-0.2, 0) is 6.54 Å². The molecule has 0 amide bonds. The van der Waals surface area contributed by atoms with Crippen molar-refractivity contribution >= 4 is 11.6 Å². The van der Waals surface area contributed by atoms with Crippen LogP contribution in [0.25, 0.3) is 0 Å². The van der Waals surface area contributed by atoms with Gasteiger partial charge in [-0.15, -0.1) is 0 Å². The summed E-state index contributed by atoms with van der Waals surface area (Å²) in [7, 11) is 0. The molecule has 0 saturated heterocycles. The molecular formula is C18H16ClN3O2. The Morgan fingerprint density at radius 2 is 1.92 bits per heavy atom. The van der Waals surface area contributed by atoms with Crippen LogP contribution in [0.2, 0.25) is 5.02 Å². The average Bonchev–Trinajstić information content (AvgIpc) is 3.19. The maximum atomic E-state index is 10.3. The largest absolute Gasteiger partial charge is 0.457 e. The molecule has 0 bridgehead atoms. The lowest BCUT2D eigenvalue weighted by Gasteiger charge is -2.13. The van der Waals surface area contributed by atoms with Crippen LogP contribution in [0.5, 0.6) is 11.5 Å². The van der Waals surface area contributed by atoms with E-state index in [2.05, 4.69) is 10.1 Å². The summed E-state index contributed by atoms with van der Waals surface area (Å²) in [5.74, 6) is 1.66. The summed E-state index contributed by atoms with van der Waals surface area (Å²) in [6, 6.07) is 13.1. The molecule has 1 N–H and O–H groups in total. The molecule has 122 valence electrons. The number of aromatic nitrogens is 3. The predicted octanol–water partition coefficient (Wildman–Crippen LogP) is 3.94. The van der Waals surface area contributed by atoms with Crippen molar-refractivity contribution in [3.8, 4) is 11.5 Å². The van der Waals surface area contributed by atoms with Crippen molar-refractivity contribution in [2.45, 2.75) is 25.0 Å². The molecule has 0 saturated carbocycles. The summed E-state index contributed by atoms with van der Waals surface area (Å²) in [6.07, 6.45) is 3.45. The first kappa shape index (κ1) is 15.2. The Balaban J connectivity index is 1.59. The van der Waals surface area contributed by atoms with Crippen molar-refractivity contribution in [1.82, 2.24) is 14.8 Å². The molecule has 4 rings (SSSR count). The molecular weight excluding hydrogens is 326 g/mol. The molecule has 0 spiro atoms. The minimum absolute atomic E-state index is 0.186. The van der Waals surface area contributed by atoms with Crippen LogP contribution in [0.15, 0.2) is 55.1 Å². The normalized spacial score (nSPS) is 19.2. The van der Waals surface area contributed by atoms with Gasteiger partial charge in [0.15, 0.2) is 0 Å². The lowest BCUT2D eigenvalue weighted by atomic mass is 10.0. The van der Waals surface area contributed by atoms with Gasteiger partial charge in [-0.2, -0.15) is 5.10 Å². The maximum absolute atomic E-state index is 10.3. The number of fused-ring (bicyclic) bond motifs is 1. The number of benzene rings is 2. The van der Waals surface area contributed by atoms with E-state index in [1.54, 1.807) is 23.1 Å². The number of hydrogen-bond acceptors (Lipinski definition) is 4. The van der Waals surface area contributed by atoms with Gasteiger partial charge in [0.25, 0.3) is 0 Å². The van der Waals surface area contributed by atoms with Gasteiger partial charge in [0.2, 0.25) is 0 Å². The molecule has 2 atom stereocenters. The molecule has 1 aromatic heterocycles. The Bertz CT molecular complexity index is 834. The highest BCUT2D eigenvalue weighted by Gasteiger charge is 2.30. The second-order valence-electron chi connectivity index (χ2n) is 5.91. The Morgan fingerprint density at radius 1 is 1.12 bits per heavy atom. The number of nitrogens with zero attached hydrogens (tertiary/aromatic N) is 3. The van der Waals surface area contributed by atoms with E-state index in [1.807, 2.05) is 30.3 Å². The molecule has 0 fully saturated rings. The molecule has 1 heterocycles. The molecule has 2 aromatic carbocycles. The number of aliphatic hydroxyl groups excluding tert-OH is 1. The van der Waals surface area contributed by atoms with E-state index in [9.17, 15) is 5.11 Å². The summed E-state index contributed by atoms with van der Waals surface area (Å²) in [5.41, 5.74) is 2.06. The smallest absolute Gasteiger partial charge is 0.137 e. The second-order valence-corrected chi connectivity index (χ2v) is 6.35. The highest BCUT2D eigenvalue weighted by atomic mass is 35.5. The van der Waals surface area contributed by atoms with Crippen molar-refractivity contribution in [2.24, 2.45) is 0 Å². The zero-order valence-electron chi connectivity index (χ0n) is 12.8. The Morgan fingerprint density at radius 3 is 2.67 bits per heavy atom. The van der Waals surface area contributed by atoms with E-state index in [-0.39, 0.29) is 5.92 Å². The first-order valence-corrected chi connectivity index (χ1v) is 8.14. The van der Waals surface area contributed by atoms with E-state index in [0.29, 0.717) is 18.0 Å². The van der Waals surface area contributed by atoms with Gasteiger partial charge >= 0.3 is 0 Å². The van der Waals surface area contributed by atoms with Crippen LogP contribution in [0.4, 0.5) is 0 Å². The Hall–Kier alpha value is -2.37. The molecule has 0 radical (unpaired) electrons. The third-order valence-electron chi connectivity index (χ3n) is 4.29. The van der Waals surface area contributed by atoms with Crippen LogP contribution in [-0.4, -0.2) is 19.9 Å². The summed E-state index contributed by atoms with van der Waals surface area (Å²) in [5, 5.41) is 15.1. The highest BCUT2D eigenvalue weighted by Crippen LogP contribution is 2.43. The van der Waals surface area contributed by atoms with Gasteiger partial charge in [-0.3, -0.25) is 4.68 Å². The molecule has 1 aliphatic rings. The fourth-order valence-corrected chi connectivity index (χ4v) is 3.29. The summed E-state index contributed by atoms with van der Waals surface area (Å²) in [4.78, 5) is 3.97. The lowest BCUT2D eigenvalue weighted by Crippen LogP contribution is -2.07. The van der Waals surface area contributed by atoms with Crippen molar-refractivity contribution in [1.29, 1.82) is 0 Å². The summed E-state index contributed by atoms with van der Waals surface area (Å²) in [6.45, 7) is 0.689. The van der Waals surface area contributed by atoms with Gasteiger partial charge in [0.05, 0.1) is 6.10 Å². The van der Waals surface area contributed by atoms with Crippen LogP contribution in [0, 0.1) is 0 Å². The third-order valence-corrected chi connectivity index (χ3v) is 4.54. The number of rotatable bonds is 4. The first-order chi connectivity index (χ1) is 11.7. The monoisotopic (exact) mass is 341 g/mol. The third kappa shape index (κ3) is 3.00. The SMILES string of the molecule is OC1CC(Cn2cncn2)c2cc(Oc3ccc(Cl)cc3)ccc21. The molecule has 6 heteroatoms. The van der Waals surface area contributed by atoms with Crippen LogP contribution in [0.1, 0.15) is 29.6 Å². The number of hydrogen-bond donors (Lipinski definition) is 1. The van der Waals surface area contributed by atoms with Crippen LogP contribution in [0.3, 0.4) is 0 Å². The zero-order valence-corrected chi connectivity index (χ0v) is 13.6. The molecule has 24 heavy (non-hydrogen) atoms. The van der Waals surface area contributed by atoms with Crippen molar-refractivity contribution in [3.05, 3.63) is 71.3 Å². The summed E-state index contributed by atoms with van der Waals surface area (Å²) >= 11 is 5.90. The quantitative estimate of drug-likeness (QED) is 0.780. The standard InChI is InChI=1S/C18H16ClN3O2/c19-13-1-3-14(4-2-13)24-15-5-6-16-17(8-15)12(7-18(16)23)9-22-11-20-10-21-22/h1-6,8,10-12,18,23H,7,9H2. The van der Waals surface area contributed by atoms with Gasteiger partial charge in [0, 0.05) is 17.5 Å². The van der Waals surface area contributed by atoms with E-state index >= 15 is 0 Å². The highest BCUT2D eigenvalue weighted by molar-refractivity contribution is 6.30. The Labute approximate surface area is 144 Å². The van der Waals surface area contributed by atoms with Crippen molar-refractivity contribution < 1.29 is 9.84 Å². The van der Waals surface area contributed by atoms with Gasteiger partial charge in [0.1, 0.15) is 24.2 Å². The number of ether oxygens (including phenoxy) is 1. The fraction of sp³-hybridized carbons (Fsp3) is 0.222. The van der Waals surface area contributed by atoms with Gasteiger partial charge < -0.3 is 9.84 Å². The van der Waals surface area contributed by atoms with Gasteiger partial charge in [-0.05, 0) is 53.9 Å². The van der Waals surface area contributed by atoms with E-state index in [0.717, 1.165) is 22.6 Å². The van der Waals surface area contributed by atoms with Crippen molar-refractivity contribution in [2.75, 3.05) is 0 Å². The van der Waals surface area contributed by atoms with Gasteiger partial charge in [-0.25, -0.2) is 4.98 Å². The zero-order chi connectivity index (χ0) is 16.5.